The standard InChI is InChI=1S/C27H24F2N2O2S/c1-19-27(21-13-15-30(16-14-21)34(32,33)24-6-4-5-23(29)17-24)25-7-2-3-8-26(25)31(19)18-20-9-11-22(28)12-10-20/h2-13,17H,14-16,18H2,1H3. The molecule has 0 N–H and O–H groups in total. The number of sulfonamides is 1. The molecular formula is C27H24F2N2O2S. The first-order chi connectivity index (χ1) is 16.3. The summed E-state index contributed by atoms with van der Waals surface area (Å²) in [6.45, 7) is 3.22. The highest BCUT2D eigenvalue weighted by molar-refractivity contribution is 7.89. The monoisotopic (exact) mass is 478 g/mol. The number of aromatic nitrogens is 1. The molecule has 34 heavy (non-hydrogen) atoms. The van der Waals surface area contributed by atoms with Gasteiger partial charge in [-0.1, -0.05) is 42.5 Å². The molecular weight excluding hydrogens is 454 g/mol. The van der Waals surface area contributed by atoms with Gasteiger partial charge in [-0.05, 0) is 60.9 Å². The van der Waals surface area contributed by atoms with E-state index in [2.05, 4.69) is 23.6 Å². The quantitative estimate of drug-likeness (QED) is 0.366. The van der Waals surface area contributed by atoms with Gasteiger partial charge in [0.05, 0.1) is 4.90 Å². The van der Waals surface area contributed by atoms with Gasteiger partial charge in [-0.25, -0.2) is 17.2 Å². The van der Waals surface area contributed by atoms with Crippen LogP contribution < -0.4 is 0 Å². The smallest absolute Gasteiger partial charge is 0.243 e. The van der Waals surface area contributed by atoms with E-state index in [9.17, 15) is 17.2 Å². The lowest BCUT2D eigenvalue weighted by molar-refractivity contribution is 0.440. The van der Waals surface area contributed by atoms with Crippen LogP contribution in [0.1, 0.15) is 23.2 Å². The molecule has 0 unspecified atom stereocenters. The predicted octanol–water partition coefficient (Wildman–Crippen LogP) is 5.75. The summed E-state index contributed by atoms with van der Waals surface area (Å²) in [6, 6.07) is 19.8. The van der Waals surface area contributed by atoms with Crippen molar-refractivity contribution in [3.05, 3.63) is 107 Å². The molecule has 2 heterocycles. The summed E-state index contributed by atoms with van der Waals surface area (Å²) in [5.74, 6) is -0.831. The van der Waals surface area contributed by atoms with Crippen molar-refractivity contribution in [2.75, 3.05) is 13.1 Å². The fraction of sp³-hybridized carbons (Fsp3) is 0.185. The minimum absolute atomic E-state index is 0.0311. The van der Waals surface area contributed by atoms with Gasteiger partial charge in [0.25, 0.3) is 0 Å². The van der Waals surface area contributed by atoms with Crippen LogP contribution in [-0.4, -0.2) is 30.4 Å². The van der Waals surface area contributed by atoms with Crippen molar-refractivity contribution in [2.45, 2.75) is 24.8 Å². The third-order valence-corrected chi connectivity index (χ3v) is 8.27. The summed E-state index contributed by atoms with van der Waals surface area (Å²) in [7, 11) is -3.77. The van der Waals surface area contributed by atoms with Crippen molar-refractivity contribution in [2.24, 2.45) is 0 Å². The third-order valence-electron chi connectivity index (χ3n) is 6.41. The maximum atomic E-state index is 13.6. The van der Waals surface area contributed by atoms with E-state index in [0.29, 0.717) is 19.5 Å². The van der Waals surface area contributed by atoms with Crippen LogP contribution in [0.4, 0.5) is 8.78 Å². The van der Waals surface area contributed by atoms with Crippen molar-refractivity contribution in [3.8, 4) is 0 Å². The van der Waals surface area contributed by atoms with Crippen molar-refractivity contribution in [1.82, 2.24) is 8.87 Å². The molecule has 174 valence electrons. The van der Waals surface area contributed by atoms with Gasteiger partial charge < -0.3 is 4.57 Å². The summed E-state index contributed by atoms with van der Waals surface area (Å²) in [6.07, 6.45) is 2.51. The largest absolute Gasteiger partial charge is 0.340 e. The van der Waals surface area contributed by atoms with E-state index in [-0.39, 0.29) is 17.3 Å². The van der Waals surface area contributed by atoms with Gasteiger partial charge in [0.1, 0.15) is 11.6 Å². The summed E-state index contributed by atoms with van der Waals surface area (Å²) < 4.78 is 56.6. The van der Waals surface area contributed by atoms with Crippen LogP contribution in [0.25, 0.3) is 16.5 Å². The van der Waals surface area contributed by atoms with Crippen LogP contribution in [0.5, 0.6) is 0 Å². The SMILES string of the molecule is Cc1c(C2=CCN(S(=O)(=O)c3cccc(F)c3)CC2)c2ccccc2n1Cc1ccc(F)cc1. The van der Waals surface area contributed by atoms with Crippen LogP contribution in [0.2, 0.25) is 0 Å². The molecule has 0 radical (unpaired) electrons. The zero-order valence-electron chi connectivity index (χ0n) is 18.7. The first kappa shape index (κ1) is 22.5. The molecule has 1 aliphatic heterocycles. The second-order valence-corrected chi connectivity index (χ2v) is 10.4. The maximum absolute atomic E-state index is 13.6. The predicted molar refractivity (Wildman–Crippen MR) is 130 cm³/mol. The van der Waals surface area contributed by atoms with Crippen molar-refractivity contribution in [1.29, 1.82) is 0 Å². The Kier molecular flexibility index (Phi) is 5.83. The van der Waals surface area contributed by atoms with Crippen molar-refractivity contribution < 1.29 is 17.2 Å². The minimum atomic E-state index is -3.77. The number of hydrogen-bond acceptors (Lipinski definition) is 2. The fourth-order valence-corrected chi connectivity index (χ4v) is 6.10. The Hall–Kier alpha value is -3.29. The Morgan fingerprint density at radius 2 is 1.68 bits per heavy atom. The van der Waals surface area contributed by atoms with E-state index in [0.717, 1.165) is 39.4 Å². The number of rotatable bonds is 5. The van der Waals surface area contributed by atoms with Gasteiger partial charge in [0.15, 0.2) is 0 Å². The summed E-state index contributed by atoms with van der Waals surface area (Å²) in [5, 5.41) is 1.11. The average Bonchev–Trinajstić information content (AvgIpc) is 3.12. The Balaban J connectivity index is 1.49. The zero-order chi connectivity index (χ0) is 23.9. The number of halogens is 2. The first-order valence-electron chi connectivity index (χ1n) is 11.1. The zero-order valence-corrected chi connectivity index (χ0v) is 19.5. The van der Waals surface area contributed by atoms with Crippen molar-refractivity contribution >= 4 is 26.5 Å². The van der Waals surface area contributed by atoms with E-state index in [1.165, 1.54) is 34.6 Å². The topological polar surface area (TPSA) is 42.3 Å². The lowest BCUT2D eigenvalue weighted by atomic mass is 9.97. The number of fused-ring (bicyclic) bond motifs is 1. The van der Waals surface area contributed by atoms with E-state index in [4.69, 9.17) is 0 Å². The lowest BCUT2D eigenvalue weighted by Gasteiger charge is -2.26. The van der Waals surface area contributed by atoms with Crippen LogP contribution in [0, 0.1) is 18.6 Å². The molecule has 0 amide bonds. The molecule has 4 nitrogen and oxygen atoms in total. The molecule has 0 aliphatic carbocycles. The summed E-state index contributed by atoms with van der Waals surface area (Å²) >= 11 is 0. The van der Waals surface area contributed by atoms with Gasteiger partial charge in [-0.15, -0.1) is 0 Å². The van der Waals surface area contributed by atoms with Gasteiger partial charge in [0, 0.05) is 41.8 Å². The Bertz CT molecular complexity index is 1510. The molecule has 4 aromatic rings. The van der Waals surface area contributed by atoms with Gasteiger partial charge in [-0.3, -0.25) is 0 Å². The van der Waals surface area contributed by atoms with E-state index >= 15 is 0 Å². The molecule has 3 aromatic carbocycles. The molecule has 0 bridgehead atoms. The van der Waals surface area contributed by atoms with Crippen LogP contribution in [0.3, 0.4) is 0 Å². The van der Waals surface area contributed by atoms with Gasteiger partial charge in [-0.2, -0.15) is 4.31 Å². The second-order valence-electron chi connectivity index (χ2n) is 8.49. The molecule has 0 saturated carbocycles. The lowest BCUT2D eigenvalue weighted by Crippen LogP contribution is -2.34. The maximum Gasteiger partial charge on any atom is 0.243 e. The molecule has 7 heteroatoms. The highest BCUT2D eigenvalue weighted by atomic mass is 32.2. The van der Waals surface area contributed by atoms with Crippen LogP contribution in [-0.2, 0) is 16.6 Å². The van der Waals surface area contributed by atoms with Gasteiger partial charge >= 0.3 is 0 Å². The minimum Gasteiger partial charge on any atom is -0.340 e. The average molecular weight is 479 g/mol. The highest BCUT2D eigenvalue weighted by Gasteiger charge is 2.28. The highest BCUT2D eigenvalue weighted by Crippen LogP contribution is 2.35. The van der Waals surface area contributed by atoms with Crippen LogP contribution in [0.15, 0.2) is 83.8 Å². The number of nitrogens with zero attached hydrogens (tertiary/aromatic N) is 2. The second kappa shape index (κ2) is 8.81. The normalized spacial score (nSPS) is 15.0. The fourth-order valence-electron chi connectivity index (χ4n) is 4.68. The molecule has 1 aromatic heterocycles. The molecule has 0 saturated heterocycles. The Morgan fingerprint density at radius 3 is 2.38 bits per heavy atom. The van der Waals surface area contributed by atoms with E-state index in [1.807, 2.05) is 18.2 Å². The molecule has 0 atom stereocenters. The number of benzene rings is 3. The molecule has 5 rings (SSSR count). The number of hydrogen-bond donors (Lipinski definition) is 0. The molecule has 0 fully saturated rings. The van der Waals surface area contributed by atoms with Crippen LogP contribution >= 0.6 is 0 Å². The van der Waals surface area contributed by atoms with Gasteiger partial charge in [0.2, 0.25) is 10.0 Å². The first-order valence-corrected chi connectivity index (χ1v) is 12.6. The van der Waals surface area contributed by atoms with E-state index in [1.54, 1.807) is 12.1 Å². The Morgan fingerprint density at radius 1 is 0.912 bits per heavy atom. The number of para-hydroxylation sites is 1. The third kappa shape index (κ3) is 4.06. The molecule has 1 aliphatic rings. The van der Waals surface area contributed by atoms with Crippen molar-refractivity contribution in [3.63, 3.8) is 0 Å². The summed E-state index contributed by atoms with van der Waals surface area (Å²) in [4.78, 5) is -0.0311. The Labute approximate surface area is 197 Å². The van der Waals surface area contributed by atoms with E-state index < -0.39 is 15.8 Å². The molecule has 0 spiro atoms. The summed E-state index contributed by atoms with van der Waals surface area (Å²) in [5.41, 5.74) is 5.37.